The quantitative estimate of drug-likeness (QED) is 0.839. The molecule has 0 atom stereocenters. The van der Waals surface area contributed by atoms with Gasteiger partial charge in [0, 0.05) is 31.0 Å². The van der Waals surface area contributed by atoms with E-state index in [9.17, 15) is 9.59 Å². The Hall–Kier alpha value is -2.04. The summed E-state index contributed by atoms with van der Waals surface area (Å²) in [4.78, 5) is 26.1. The van der Waals surface area contributed by atoms with Crippen LogP contribution in [0.5, 0.6) is 0 Å². The Balaban J connectivity index is 2.65. The molecule has 0 spiro atoms. The summed E-state index contributed by atoms with van der Waals surface area (Å²) in [5.74, 6) is -1.26. The normalized spacial score (nSPS) is 11.8. The molecule has 0 aliphatic carbocycles. The van der Waals surface area contributed by atoms with Crippen molar-refractivity contribution < 1.29 is 9.59 Å². The minimum Gasteiger partial charge on any atom is -0.378 e. The van der Waals surface area contributed by atoms with Crippen LogP contribution < -0.4 is 15.5 Å². The molecule has 0 unspecified atom stereocenters. The van der Waals surface area contributed by atoms with E-state index in [4.69, 9.17) is 0 Å². The predicted octanol–water partition coefficient (Wildman–Crippen LogP) is 3.02. The molecule has 2 amide bonds. The maximum absolute atomic E-state index is 12.1. The van der Waals surface area contributed by atoms with Crippen LogP contribution in [-0.4, -0.2) is 31.4 Å². The van der Waals surface area contributed by atoms with E-state index in [0.717, 1.165) is 12.1 Å². The van der Waals surface area contributed by atoms with Gasteiger partial charge < -0.3 is 15.5 Å². The minimum atomic E-state index is -0.649. The molecule has 0 saturated carbocycles. The Morgan fingerprint density at radius 3 is 1.91 bits per heavy atom. The van der Waals surface area contributed by atoms with Crippen molar-refractivity contribution in [1.82, 2.24) is 5.32 Å². The molecule has 5 heteroatoms. The van der Waals surface area contributed by atoms with Gasteiger partial charge in [-0.2, -0.15) is 0 Å². The number of amides is 2. The topological polar surface area (TPSA) is 61.4 Å². The zero-order valence-corrected chi connectivity index (χ0v) is 15.3. The first-order valence-electron chi connectivity index (χ1n) is 7.80. The smallest absolute Gasteiger partial charge is 0.313 e. The van der Waals surface area contributed by atoms with Crippen molar-refractivity contribution in [3.8, 4) is 0 Å². The van der Waals surface area contributed by atoms with Gasteiger partial charge in [0.2, 0.25) is 0 Å². The van der Waals surface area contributed by atoms with Gasteiger partial charge in [-0.3, -0.25) is 9.59 Å². The summed E-state index contributed by atoms with van der Waals surface area (Å²) in [7, 11) is 3.89. The second-order valence-corrected chi connectivity index (χ2v) is 7.97. The molecular weight excluding hydrogens is 290 g/mol. The van der Waals surface area contributed by atoms with Crippen molar-refractivity contribution in [3.63, 3.8) is 0 Å². The van der Waals surface area contributed by atoms with Gasteiger partial charge in [0.25, 0.3) is 0 Å². The lowest BCUT2D eigenvalue weighted by atomic mass is 9.82. The molecule has 128 valence electrons. The second-order valence-electron chi connectivity index (χ2n) is 7.97. The highest BCUT2D eigenvalue weighted by molar-refractivity contribution is 6.39. The molecule has 0 aliphatic rings. The monoisotopic (exact) mass is 319 g/mol. The van der Waals surface area contributed by atoms with Gasteiger partial charge in [-0.05, 0) is 49.9 Å². The van der Waals surface area contributed by atoms with Crippen LogP contribution >= 0.6 is 0 Å². The van der Waals surface area contributed by atoms with E-state index in [1.807, 2.05) is 45.0 Å². The van der Waals surface area contributed by atoms with E-state index in [1.165, 1.54) is 0 Å². The van der Waals surface area contributed by atoms with Crippen molar-refractivity contribution in [3.05, 3.63) is 24.3 Å². The highest BCUT2D eigenvalue weighted by Gasteiger charge is 2.29. The van der Waals surface area contributed by atoms with Gasteiger partial charge >= 0.3 is 11.8 Å². The molecular formula is C18H29N3O2. The van der Waals surface area contributed by atoms with Crippen molar-refractivity contribution in [2.24, 2.45) is 5.41 Å². The number of carbonyl (C=O) groups excluding carboxylic acids is 2. The Morgan fingerprint density at radius 1 is 0.957 bits per heavy atom. The van der Waals surface area contributed by atoms with E-state index < -0.39 is 17.4 Å². The number of benzene rings is 1. The number of nitrogens with zero attached hydrogens (tertiary/aromatic N) is 1. The molecule has 0 bridgehead atoms. The van der Waals surface area contributed by atoms with Gasteiger partial charge in [-0.25, -0.2) is 0 Å². The summed E-state index contributed by atoms with van der Waals surface area (Å²) >= 11 is 0. The highest BCUT2D eigenvalue weighted by atomic mass is 16.2. The van der Waals surface area contributed by atoms with Crippen LogP contribution in [0, 0.1) is 5.41 Å². The molecule has 0 heterocycles. The van der Waals surface area contributed by atoms with Gasteiger partial charge in [0.15, 0.2) is 0 Å². The number of nitrogens with one attached hydrogen (secondary N) is 2. The van der Waals surface area contributed by atoms with Crippen LogP contribution in [0.3, 0.4) is 0 Å². The average Bonchev–Trinajstić information content (AvgIpc) is 2.35. The maximum Gasteiger partial charge on any atom is 0.313 e. The summed E-state index contributed by atoms with van der Waals surface area (Å²) in [5.41, 5.74) is 1.25. The van der Waals surface area contributed by atoms with Gasteiger partial charge in [-0.1, -0.05) is 20.8 Å². The lowest BCUT2D eigenvalue weighted by Crippen LogP contribution is -2.49. The number of hydrogen-bond acceptors (Lipinski definition) is 3. The molecule has 1 rings (SSSR count). The zero-order valence-electron chi connectivity index (χ0n) is 15.3. The average molecular weight is 319 g/mol. The van der Waals surface area contributed by atoms with Gasteiger partial charge in [-0.15, -0.1) is 0 Å². The van der Waals surface area contributed by atoms with E-state index in [2.05, 4.69) is 31.4 Å². The Morgan fingerprint density at radius 2 is 1.48 bits per heavy atom. The first kappa shape index (κ1) is 19.0. The maximum atomic E-state index is 12.1. The SMILES string of the molecule is CN(C)c1ccc(NC(=O)C(=O)NC(C)(C)CC(C)(C)C)cc1. The van der Waals surface area contributed by atoms with Crippen LogP contribution in [0.4, 0.5) is 11.4 Å². The number of rotatable bonds is 4. The van der Waals surface area contributed by atoms with Crippen molar-refractivity contribution in [2.45, 2.75) is 46.6 Å². The third kappa shape index (κ3) is 6.72. The fraction of sp³-hybridized carbons (Fsp3) is 0.556. The summed E-state index contributed by atoms with van der Waals surface area (Å²) in [6, 6.07) is 7.33. The van der Waals surface area contributed by atoms with E-state index in [1.54, 1.807) is 12.1 Å². The summed E-state index contributed by atoms with van der Waals surface area (Å²) in [5, 5.41) is 5.43. The van der Waals surface area contributed by atoms with Crippen molar-refractivity contribution in [2.75, 3.05) is 24.3 Å². The molecule has 5 nitrogen and oxygen atoms in total. The zero-order chi connectivity index (χ0) is 17.8. The van der Waals surface area contributed by atoms with Crippen molar-refractivity contribution >= 4 is 23.2 Å². The van der Waals surface area contributed by atoms with Crippen LogP contribution in [0.25, 0.3) is 0 Å². The number of anilines is 2. The molecule has 23 heavy (non-hydrogen) atoms. The Labute approximate surface area is 139 Å². The third-order valence-corrected chi connectivity index (χ3v) is 3.27. The first-order valence-corrected chi connectivity index (χ1v) is 7.80. The summed E-state index contributed by atoms with van der Waals surface area (Å²) in [6.45, 7) is 10.2. The number of carbonyl (C=O) groups is 2. The molecule has 1 aromatic rings. The minimum absolute atomic E-state index is 0.0647. The molecule has 2 N–H and O–H groups in total. The summed E-state index contributed by atoms with van der Waals surface area (Å²) < 4.78 is 0. The molecule has 1 aromatic carbocycles. The predicted molar refractivity (Wildman–Crippen MR) is 95.7 cm³/mol. The van der Waals surface area contributed by atoms with Gasteiger partial charge in [0.05, 0.1) is 0 Å². The van der Waals surface area contributed by atoms with E-state index in [0.29, 0.717) is 5.69 Å². The van der Waals surface area contributed by atoms with Crippen LogP contribution in [0.1, 0.15) is 41.0 Å². The third-order valence-electron chi connectivity index (χ3n) is 3.27. The Kier molecular flexibility index (Phi) is 5.81. The molecule has 0 aromatic heterocycles. The second kappa shape index (κ2) is 7.02. The van der Waals surface area contributed by atoms with Crippen LogP contribution in [0.2, 0.25) is 0 Å². The first-order chi connectivity index (χ1) is 10.4. The van der Waals surface area contributed by atoms with Crippen LogP contribution in [0.15, 0.2) is 24.3 Å². The van der Waals surface area contributed by atoms with E-state index >= 15 is 0 Å². The fourth-order valence-corrected chi connectivity index (χ4v) is 2.76. The highest BCUT2D eigenvalue weighted by Crippen LogP contribution is 2.26. The molecule has 0 aliphatic heterocycles. The molecule has 0 radical (unpaired) electrons. The lowest BCUT2D eigenvalue weighted by molar-refractivity contribution is -0.137. The molecule has 0 fully saturated rings. The molecule has 0 saturated heterocycles. The van der Waals surface area contributed by atoms with E-state index in [-0.39, 0.29) is 5.41 Å². The summed E-state index contributed by atoms with van der Waals surface area (Å²) in [6.07, 6.45) is 0.774. The lowest BCUT2D eigenvalue weighted by Gasteiger charge is -2.33. The van der Waals surface area contributed by atoms with Crippen LogP contribution in [-0.2, 0) is 9.59 Å². The largest absolute Gasteiger partial charge is 0.378 e. The van der Waals surface area contributed by atoms with Crippen molar-refractivity contribution in [1.29, 1.82) is 0 Å². The van der Waals surface area contributed by atoms with Gasteiger partial charge in [0.1, 0.15) is 0 Å². The Bertz CT molecular complexity index is 555. The fourth-order valence-electron chi connectivity index (χ4n) is 2.76. The standard InChI is InChI=1S/C18H29N3O2/c1-17(2,3)12-18(4,5)20-16(23)15(22)19-13-8-10-14(11-9-13)21(6)7/h8-11H,12H2,1-7H3,(H,19,22)(H,20,23). The number of hydrogen-bond donors (Lipinski definition) is 2.